The van der Waals surface area contributed by atoms with Gasteiger partial charge in [0.15, 0.2) is 0 Å². The topological polar surface area (TPSA) is 78.4 Å². The minimum Gasteiger partial charge on any atom is -0.450 e. The predicted octanol–water partition coefficient (Wildman–Crippen LogP) is 3.72. The summed E-state index contributed by atoms with van der Waals surface area (Å²) in [7, 11) is 0. The second kappa shape index (κ2) is 5.71. The molecule has 2 aromatic carbocycles. The van der Waals surface area contributed by atoms with Crippen LogP contribution in [-0.4, -0.2) is 4.92 Å². The van der Waals surface area contributed by atoms with Crippen LogP contribution in [0.25, 0.3) is 0 Å². The lowest BCUT2D eigenvalue weighted by molar-refractivity contribution is -0.385. The largest absolute Gasteiger partial charge is 0.450 e. The quantitative estimate of drug-likeness (QED) is 0.679. The molecule has 0 amide bonds. The van der Waals surface area contributed by atoms with E-state index in [1.54, 1.807) is 31.2 Å². The summed E-state index contributed by atoms with van der Waals surface area (Å²) in [6.07, 6.45) is 0. The van der Waals surface area contributed by atoms with Gasteiger partial charge in [-0.25, -0.2) is 0 Å². The van der Waals surface area contributed by atoms with Gasteiger partial charge in [-0.1, -0.05) is 24.3 Å². The first-order valence-corrected chi connectivity index (χ1v) is 6.26. The lowest BCUT2D eigenvalue weighted by Crippen LogP contribution is -2.04. The summed E-state index contributed by atoms with van der Waals surface area (Å²) in [5, 5.41) is 11.0. The molecule has 0 aliphatic rings. The van der Waals surface area contributed by atoms with Gasteiger partial charge in [0, 0.05) is 12.1 Å². The third-order valence-corrected chi connectivity index (χ3v) is 2.99. The van der Waals surface area contributed by atoms with Crippen LogP contribution in [0.3, 0.4) is 0 Å². The fraction of sp³-hybridized carbons (Fsp3) is 0.200. The van der Waals surface area contributed by atoms with Crippen molar-refractivity contribution in [3.05, 3.63) is 63.7 Å². The highest BCUT2D eigenvalue weighted by Gasteiger charge is 2.17. The molecule has 2 aromatic rings. The van der Waals surface area contributed by atoms with E-state index in [0.717, 1.165) is 5.56 Å². The Morgan fingerprint density at radius 1 is 1.25 bits per heavy atom. The molecule has 5 nitrogen and oxygen atoms in total. The molecule has 104 valence electrons. The SMILES string of the molecule is Cc1cccc([N+](=O)[O-])c1Oc1cccc(C(C)N)c1. The van der Waals surface area contributed by atoms with Gasteiger partial charge in [-0.05, 0) is 37.1 Å². The highest BCUT2D eigenvalue weighted by Crippen LogP contribution is 2.34. The van der Waals surface area contributed by atoms with Crippen molar-refractivity contribution in [2.75, 3.05) is 0 Å². The molecule has 1 unspecified atom stereocenters. The van der Waals surface area contributed by atoms with Crippen molar-refractivity contribution in [1.82, 2.24) is 0 Å². The van der Waals surface area contributed by atoms with Crippen molar-refractivity contribution >= 4 is 5.69 Å². The van der Waals surface area contributed by atoms with Crippen LogP contribution < -0.4 is 10.5 Å². The fourth-order valence-corrected chi connectivity index (χ4v) is 1.89. The Morgan fingerprint density at radius 3 is 2.60 bits per heavy atom. The van der Waals surface area contributed by atoms with Crippen LogP contribution in [-0.2, 0) is 0 Å². The summed E-state index contributed by atoms with van der Waals surface area (Å²) in [5.74, 6) is 0.802. The van der Waals surface area contributed by atoms with E-state index in [2.05, 4.69) is 0 Å². The van der Waals surface area contributed by atoms with Crippen LogP contribution in [0, 0.1) is 17.0 Å². The minimum atomic E-state index is -0.447. The third kappa shape index (κ3) is 2.95. The molecule has 0 saturated carbocycles. The Kier molecular flexibility index (Phi) is 4.00. The van der Waals surface area contributed by atoms with E-state index in [9.17, 15) is 10.1 Å². The molecule has 0 heterocycles. The number of para-hydroxylation sites is 1. The lowest BCUT2D eigenvalue weighted by atomic mass is 10.1. The van der Waals surface area contributed by atoms with Crippen LogP contribution in [0.2, 0.25) is 0 Å². The Hall–Kier alpha value is -2.40. The Labute approximate surface area is 117 Å². The summed E-state index contributed by atoms with van der Waals surface area (Å²) < 4.78 is 5.70. The summed E-state index contributed by atoms with van der Waals surface area (Å²) >= 11 is 0. The average Bonchev–Trinajstić information content (AvgIpc) is 2.41. The number of hydrogen-bond acceptors (Lipinski definition) is 4. The molecule has 5 heteroatoms. The maximum absolute atomic E-state index is 11.0. The number of ether oxygens (including phenoxy) is 1. The van der Waals surface area contributed by atoms with Gasteiger partial charge < -0.3 is 10.5 Å². The van der Waals surface area contributed by atoms with Gasteiger partial charge in [0.1, 0.15) is 5.75 Å². The van der Waals surface area contributed by atoms with E-state index in [1.165, 1.54) is 6.07 Å². The molecule has 0 saturated heterocycles. The molecule has 0 aromatic heterocycles. The zero-order valence-electron chi connectivity index (χ0n) is 11.4. The second-order valence-electron chi connectivity index (χ2n) is 4.64. The first kappa shape index (κ1) is 14.0. The summed E-state index contributed by atoms with van der Waals surface area (Å²) in [5.41, 5.74) is 7.40. The molecule has 0 radical (unpaired) electrons. The molecule has 2 N–H and O–H groups in total. The number of hydrogen-bond donors (Lipinski definition) is 1. The van der Waals surface area contributed by atoms with Crippen LogP contribution >= 0.6 is 0 Å². The number of nitro benzene ring substituents is 1. The molecule has 2 rings (SSSR count). The van der Waals surface area contributed by atoms with Crippen LogP contribution in [0.15, 0.2) is 42.5 Å². The third-order valence-electron chi connectivity index (χ3n) is 2.99. The van der Waals surface area contributed by atoms with Gasteiger partial charge >= 0.3 is 5.69 Å². The van der Waals surface area contributed by atoms with E-state index < -0.39 is 4.92 Å². The van der Waals surface area contributed by atoms with E-state index in [0.29, 0.717) is 11.3 Å². The van der Waals surface area contributed by atoms with Gasteiger partial charge in [0.05, 0.1) is 4.92 Å². The van der Waals surface area contributed by atoms with Gasteiger partial charge in [0.2, 0.25) is 5.75 Å². The molecule has 1 atom stereocenters. The monoisotopic (exact) mass is 272 g/mol. The van der Waals surface area contributed by atoms with Gasteiger partial charge in [-0.15, -0.1) is 0 Å². The molecule has 0 fully saturated rings. The number of rotatable bonds is 4. The van der Waals surface area contributed by atoms with E-state index in [-0.39, 0.29) is 17.5 Å². The predicted molar refractivity (Wildman–Crippen MR) is 77.0 cm³/mol. The zero-order chi connectivity index (χ0) is 14.7. The fourth-order valence-electron chi connectivity index (χ4n) is 1.89. The van der Waals surface area contributed by atoms with Crippen molar-refractivity contribution in [2.45, 2.75) is 19.9 Å². The van der Waals surface area contributed by atoms with Crippen molar-refractivity contribution in [3.8, 4) is 11.5 Å². The van der Waals surface area contributed by atoms with Crippen molar-refractivity contribution in [2.24, 2.45) is 5.73 Å². The second-order valence-corrected chi connectivity index (χ2v) is 4.64. The van der Waals surface area contributed by atoms with E-state index in [1.807, 2.05) is 19.1 Å². The first-order chi connectivity index (χ1) is 9.49. The van der Waals surface area contributed by atoms with Crippen molar-refractivity contribution < 1.29 is 9.66 Å². The summed E-state index contributed by atoms with van der Waals surface area (Å²) in [6, 6.07) is 12.0. The van der Waals surface area contributed by atoms with Crippen LogP contribution in [0.1, 0.15) is 24.1 Å². The van der Waals surface area contributed by atoms with Crippen LogP contribution in [0.4, 0.5) is 5.69 Å². The normalized spacial score (nSPS) is 11.9. The molecule has 20 heavy (non-hydrogen) atoms. The lowest BCUT2D eigenvalue weighted by Gasteiger charge is -2.11. The smallest absolute Gasteiger partial charge is 0.311 e. The molecule has 0 bridgehead atoms. The number of nitrogens with zero attached hydrogens (tertiary/aromatic N) is 1. The Morgan fingerprint density at radius 2 is 1.95 bits per heavy atom. The van der Waals surface area contributed by atoms with Gasteiger partial charge in [-0.3, -0.25) is 10.1 Å². The molecular weight excluding hydrogens is 256 g/mol. The van der Waals surface area contributed by atoms with Gasteiger partial charge in [0.25, 0.3) is 0 Å². The zero-order valence-corrected chi connectivity index (χ0v) is 11.4. The number of nitrogens with two attached hydrogens (primary N) is 1. The maximum Gasteiger partial charge on any atom is 0.311 e. The van der Waals surface area contributed by atoms with E-state index >= 15 is 0 Å². The summed E-state index contributed by atoms with van der Waals surface area (Å²) in [6.45, 7) is 3.65. The highest BCUT2D eigenvalue weighted by atomic mass is 16.6. The standard InChI is InChI=1S/C15H16N2O3/c1-10-5-3-8-14(17(18)19)15(10)20-13-7-4-6-12(9-13)11(2)16/h3-9,11H,16H2,1-2H3. The molecule has 0 aliphatic carbocycles. The highest BCUT2D eigenvalue weighted by molar-refractivity contribution is 5.53. The molecule has 0 aliphatic heterocycles. The van der Waals surface area contributed by atoms with Crippen molar-refractivity contribution in [1.29, 1.82) is 0 Å². The van der Waals surface area contributed by atoms with Crippen LogP contribution in [0.5, 0.6) is 11.5 Å². The maximum atomic E-state index is 11.0. The van der Waals surface area contributed by atoms with Crippen molar-refractivity contribution in [3.63, 3.8) is 0 Å². The Balaban J connectivity index is 2.40. The minimum absolute atomic E-state index is 0.0452. The van der Waals surface area contributed by atoms with Gasteiger partial charge in [-0.2, -0.15) is 0 Å². The first-order valence-electron chi connectivity index (χ1n) is 6.26. The molecular formula is C15H16N2O3. The Bertz CT molecular complexity index is 639. The number of nitro groups is 1. The molecule has 0 spiro atoms. The van der Waals surface area contributed by atoms with E-state index in [4.69, 9.17) is 10.5 Å². The average molecular weight is 272 g/mol. The number of aryl methyl sites for hydroxylation is 1. The summed E-state index contributed by atoms with van der Waals surface area (Å²) in [4.78, 5) is 10.6. The number of benzene rings is 2.